The third kappa shape index (κ3) is 9.77. The second kappa shape index (κ2) is 18.3. The average Bonchev–Trinajstić information content (AvgIpc) is 3.98. The molecule has 1 atom stereocenters. The highest BCUT2D eigenvalue weighted by molar-refractivity contribution is 6.04. The van der Waals surface area contributed by atoms with Gasteiger partial charge >= 0.3 is 6.09 Å². The Morgan fingerprint density at radius 1 is 0.953 bits per heavy atom. The SMILES string of the molecule is CCc1nc(C)oc1C(=O)Nc1nc2cc(C(N)O)cc(OCCC3CN(C(=O)OC(C)(C)C)C3)c2n1C/C=C/Cn1c(NC(=O)c2cc(C)nn2CC)nc2cc(C(N)=O)ccc21. The summed E-state index contributed by atoms with van der Waals surface area (Å²) in [6.07, 6.45) is 3.09. The predicted molar refractivity (Wildman–Crippen MR) is 237 cm³/mol. The normalized spacial score (nSPS) is 13.7. The van der Waals surface area contributed by atoms with E-state index in [1.807, 2.05) is 46.8 Å². The summed E-state index contributed by atoms with van der Waals surface area (Å²) in [5, 5.41) is 20.7. The Hall–Kier alpha value is -7.06. The first kappa shape index (κ1) is 45.0. The molecule has 338 valence electrons. The number of oxazole rings is 1. The number of imidazole rings is 2. The van der Waals surface area contributed by atoms with Crippen LogP contribution in [0.1, 0.15) is 102 Å². The van der Waals surface area contributed by atoms with Gasteiger partial charge in [-0.3, -0.25) is 29.7 Å². The fourth-order valence-electron chi connectivity index (χ4n) is 7.47. The van der Waals surface area contributed by atoms with Crippen LogP contribution in [0.15, 0.2) is 53.0 Å². The summed E-state index contributed by atoms with van der Waals surface area (Å²) in [5.74, 6) is -0.253. The summed E-state index contributed by atoms with van der Waals surface area (Å²) in [7, 11) is 0. The van der Waals surface area contributed by atoms with E-state index >= 15 is 0 Å². The predicted octanol–water partition coefficient (Wildman–Crippen LogP) is 5.21. The van der Waals surface area contributed by atoms with Gasteiger partial charge in [0.2, 0.25) is 23.6 Å². The average molecular weight is 879 g/mol. The minimum Gasteiger partial charge on any atom is -0.491 e. The Balaban J connectivity index is 1.20. The number of carbonyl (C=O) groups is 4. The highest BCUT2D eigenvalue weighted by atomic mass is 16.6. The molecule has 0 aliphatic carbocycles. The highest BCUT2D eigenvalue weighted by Crippen LogP contribution is 2.34. The first-order valence-corrected chi connectivity index (χ1v) is 21.1. The lowest BCUT2D eigenvalue weighted by Crippen LogP contribution is -2.51. The maximum atomic E-state index is 13.8. The van der Waals surface area contributed by atoms with Gasteiger partial charge in [-0.25, -0.2) is 19.7 Å². The van der Waals surface area contributed by atoms with Gasteiger partial charge < -0.3 is 44.5 Å². The van der Waals surface area contributed by atoms with Crippen molar-refractivity contribution in [2.24, 2.45) is 17.4 Å². The summed E-state index contributed by atoms with van der Waals surface area (Å²) in [6.45, 7) is 14.9. The van der Waals surface area contributed by atoms with Crippen LogP contribution in [0.25, 0.3) is 22.1 Å². The molecule has 0 bridgehead atoms. The van der Waals surface area contributed by atoms with Crippen molar-refractivity contribution in [3.05, 3.63) is 88.4 Å². The van der Waals surface area contributed by atoms with E-state index < -0.39 is 29.6 Å². The maximum absolute atomic E-state index is 13.8. The first-order chi connectivity index (χ1) is 30.4. The van der Waals surface area contributed by atoms with Gasteiger partial charge in [-0.1, -0.05) is 19.1 Å². The zero-order chi connectivity index (χ0) is 46.0. The van der Waals surface area contributed by atoms with E-state index in [0.717, 1.165) is 0 Å². The smallest absolute Gasteiger partial charge is 0.410 e. The number of benzene rings is 2. The molecule has 1 saturated heterocycles. The van der Waals surface area contributed by atoms with E-state index in [4.69, 9.17) is 30.3 Å². The number of carbonyl (C=O) groups excluding carboxylic acids is 4. The summed E-state index contributed by atoms with van der Waals surface area (Å²) in [5.41, 5.74) is 15.1. The molecule has 0 saturated carbocycles. The lowest BCUT2D eigenvalue weighted by molar-refractivity contribution is -0.00383. The second-order valence-electron chi connectivity index (χ2n) is 16.6. The number of anilines is 2. The lowest BCUT2D eigenvalue weighted by Gasteiger charge is -2.39. The topological polar surface area (TPSA) is 266 Å². The molecule has 1 unspecified atom stereocenters. The van der Waals surface area contributed by atoms with E-state index in [1.165, 1.54) is 0 Å². The van der Waals surface area contributed by atoms with Crippen LogP contribution in [-0.2, 0) is 30.8 Å². The molecule has 5 heterocycles. The number of aromatic nitrogens is 7. The quantitative estimate of drug-likeness (QED) is 0.0618. The Kier molecular flexibility index (Phi) is 12.9. The molecule has 0 spiro atoms. The van der Waals surface area contributed by atoms with Gasteiger partial charge in [0, 0.05) is 50.8 Å². The third-order valence-corrected chi connectivity index (χ3v) is 10.6. The zero-order valence-electron chi connectivity index (χ0n) is 37.0. The Morgan fingerprint density at radius 3 is 2.31 bits per heavy atom. The van der Waals surface area contributed by atoms with Gasteiger partial charge in [-0.05, 0) is 89.8 Å². The van der Waals surface area contributed by atoms with E-state index in [-0.39, 0.29) is 54.9 Å². The number of aliphatic hydroxyl groups excluding tert-OH is 1. The fourth-order valence-corrected chi connectivity index (χ4v) is 7.47. The number of nitrogens with two attached hydrogens (primary N) is 2. The molecule has 4 aromatic heterocycles. The van der Waals surface area contributed by atoms with Crippen LogP contribution in [0.4, 0.5) is 16.7 Å². The second-order valence-corrected chi connectivity index (χ2v) is 16.6. The van der Waals surface area contributed by atoms with Crippen molar-refractivity contribution in [1.29, 1.82) is 0 Å². The molecule has 0 radical (unpaired) electrons. The van der Waals surface area contributed by atoms with Crippen molar-refractivity contribution in [3.8, 4) is 5.75 Å². The minimum absolute atomic E-state index is 0.0582. The summed E-state index contributed by atoms with van der Waals surface area (Å²) in [4.78, 5) is 67.4. The number of hydrogen-bond donors (Lipinski definition) is 5. The number of rotatable bonds is 16. The molecule has 64 heavy (non-hydrogen) atoms. The van der Waals surface area contributed by atoms with Gasteiger partial charge in [0.15, 0.2) is 5.89 Å². The molecule has 7 N–H and O–H groups in total. The van der Waals surface area contributed by atoms with Crippen molar-refractivity contribution in [2.75, 3.05) is 30.3 Å². The number of ether oxygens (including phenoxy) is 2. The number of fused-ring (bicyclic) bond motifs is 2. The number of aryl methyl sites for hydroxylation is 4. The maximum Gasteiger partial charge on any atom is 0.410 e. The van der Waals surface area contributed by atoms with Crippen LogP contribution in [-0.4, -0.2) is 93.0 Å². The van der Waals surface area contributed by atoms with Crippen molar-refractivity contribution in [3.63, 3.8) is 0 Å². The van der Waals surface area contributed by atoms with Crippen molar-refractivity contribution < 1.29 is 38.2 Å². The molecule has 20 nitrogen and oxygen atoms in total. The number of aliphatic hydroxyl groups is 1. The Morgan fingerprint density at radius 2 is 1.64 bits per heavy atom. The number of likely N-dealkylation sites (tertiary alicyclic amines) is 1. The van der Waals surface area contributed by atoms with E-state index in [1.54, 1.807) is 69.0 Å². The first-order valence-electron chi connectivity index (χ1n) is 21.1. The van der Waals surface area contributed by atoms with E-state index in [0.29, 0.717) is 88.8 Å². The van der Waals surface area contributed by atoms with Crippen molar-refractivity contribution in [2.45, 2.75) is 92.8 Å². The fraction of sp³-hybridized carbons (Fsp3) is 0.409. The van der Waals surface area contributed by atoms with Gasteiger partial charge in [0.05, 0.1) is 34.5 Å². The number of hydrogen-bond acceptors (Lipinski definition) is 13. The largest absolute Gasteiger partial charge is 0.491 e. The molecule has 4 amide bonds. The van der Waals surface area contributed by atoms with Crippen LogP contribution in [0, 0.1) is 19.8 Å². The molecular weight excluding hydrogens is 825 g/mol. The van der Waals surface area contributed by atoms with Crippen LogP contribution < -0.4 is 26.8 Å². The number of primary amides is 1. The molecular formula is C44H54N12O8. The Bertz CT molecular complexity index is 2760. The Labute approximate surface area is 368 Å². The zero-order valence-corrected chi connectivity index (χ0v) is 37.0. The summed E-state index contributed by atoms with van der Waals surface area (Å²) >= 11 is 0. The van der Waals surface area contributed by atoms with Gasteiger partial charge in [0.1, 0.15) is 28.8 Å². The number of nitrogens with zero attached hydrogens (tertiary/aromatic N) is 8. The lowest BCUT2D eigenvalue weighted by atomic mass is 9.97. The third-order valence-electron chi connectivity index (χ3n) is 10.6. The number of amides is 4. The van der Waals surface area contributed by atoms with Gasteiger partial charge in [-0.15, -0.1) is 0 Å². The summed E-state index contributed by atoms with van der Waals surface area (Å²) < 4.78 is 22.7. The molecule has 20 heteroatoms. The van der Waals surface area contributed by atoms with Crippen molar-refractivity contribution >= 4 is 57.8 Å². The van der Waals surface area contributed by atoms with E-state index in [9.17, 15) is 24.3 Å². The highest BCUT2D eigenvalue weighted by Gasteiger charge is 2.34. The van der Waals surface area contributed by atoms with E-state index in [2.05, 4.69) is 25.7 Å². The standard InChI is InChI=1S/C44H54N12O8/c1-8-29-36(63-25(4)47-29)40(60)51-42-49-31-20-28(38(46)58)21-34(62-17-14-26-22-53(23-26)43(61)64-44(5,6)7)35(31)55(42)16-11-10-15-54-32-13-12-27(37(45)57)19-30(32)48-41(54)50-39(59)33-18-24(3)52-56(33)9-2/h10-13,18-21,26,38,58H,8-9,14-17,22-23,46H2,1-7H3,(H2,45,57)(H,48,50,59)(H,49,51,60)/b11-10+. The van der Waals surface area contributed by atoms with Crippen molar-refractivity contribution in [1.82, 2.24) is 38.8 Å². The minimum atomic E-state index is -1.35. The molecule has 2 aromatic carbocycles. The molecule has 1 fully saturated rings. The summed E-state index contributed by atoms with van der Waals surface area (Å²) in [6, 6.07) is 9.83. The van der Waals surface area contributed by atoms with Crippen LogP contribution >= 0.6 is 0 Å². The van der Waals surface area contributed by atoms with Crippen LogP contribution in [0.5, 0.6) is 5.75 Å². The van der Waals surface area contributed by atoms with Crippen LogP contribution in [0.2, 0.25) is 0 Å². The molecule has 6 aromatic rings. The number of nitrogens with one attached hydrogen (secondary N) is 2. The molecule has 7 rings (SSSR count). The monoisotopic (exact) mass is 878 g/mol. The van der Waals surface area contributed by atoms with Crippen LogP contribution in [0.3, 0.4) is 0 Å². The van der Waals surface area contributed by atoms with Gasteiger partial charge in [-0.2, -0.15) is 5.10 Å². The molecule has 1 aliphatic rings. The molecule has 1 aliphatic heterocycles. The van der Waals surface area contributed by atoms with Gasteiger partial charge in [0.25, 0.3) is 11.8 Å². The number of allylic oxidation sites excluding steroid dienone is 2.